The van der Waals surface area contributed by atoms with Gasteiger partial charge in [0.25, 0.3) is 0 Å². The van der Waals surface area contributed by atoms with E-state index in [1.165, 1.54) is 16.7 Å². The molecule has 182 valence electrons. The van der Waals surface area contributed by atoms with E-state index in [1.807, 2.05) is 15.9 Å². The number of likely N-dealkylation sites (tertiary alicyclic amines) is 1. The molecular weight excluding hydrogens is 424 g/mol. The summed E-state index contributed by atoms with van der Waals surface area (Å²) >= 11 is 0. The molecule has 2 aliphatic rings. The highest BCUT2D eigenvalue weighted by Gasteiger charge is 2.42. The van der Waals surface area contributed by atoms with Gasteiger partial charge in [-0.05, 0) is 43.9 Å². The number of rotatable bonds is 7. The second kappa shape index (κ2) is 11.6. The molecule has 0 aromatic heterocycles. The van der Waals surface area contributed by atoms with Gasteiger partial charge >= 0.3 is 0 Å². The van der Waals surface area contributed by atoms with Crippen molar-refractivity contribution in [1.82, 2.24) is 20.0 Å². The molecule has 2 amide bonds. The molecule has 0 bridgehead atoms. The Bertz CT molecular complexity index is 939. The lowest BCUT2D eigenvalue weighted by Gasteiger charge is -2.29. The van der Waals surface area contributed by atoms with Crippen molar-refractivity contribution in [2.75, 3.05) is 39.3 Å². The third-order valence-corrected chi connectivity index (χ3v) is 7.17. The maximum Gasteiger partial charge on any atom is 0.245 e. The number of hydrogen-bond acceptors (Lipinski definition) is 4. The molecule has 4 rings (SSSR count). The van der Waals surface area contributed by atoms with Gasteiger partial charge in [-0.15, -0.1) is 0 Å². The van der Waals surface area contributed by atoms with Crippen LogP contribution in [0.3, 0.4) is 0 Å². The zero-order chi connectivity index (χ0) is 23.9. The van der Waals surface area contributed by atoms with Gasteiger partial charge in [0.2, 0.25) is 11.8 Å². The van der Waals surface area contributed by atoms with Gasteiger partial charge in [0, 0.05) is 52.2 Å². The summed E-state index contributed by atoms with van der Waals surface area (Å²) in [6, 6.07) is 19.0. The van der Waals surface area contributed by atoms with E-state index in [4.69, 9.17) is 0 Å². The highest BCUT2D eigenvalue weighted by atomic mass is 16.2. The monoisotopic (exact) mass is 462 g/mol. The third kappa shape index (κ3) is 6.24. The predicted octanol–water partition coefficient (Wildman–Crippen LogP) is 2.85. The molecule has 2 atom stereocenters. The molecule has 0 saturated carbocycles. The van der Waals surface area contributed by atoms with Crippen LogP contribution in [-0.4, -0.2) is 77.9 Å². The number of aryl methyl sites for hydroxylation is 1. The zero-order valence-electron chi connectivity index (χ0n) is 20.6. The van der Waals surface area contributed by atoms with Crippen molar-refractivity contribution in [3.63, 3.8) is 0 Å². The second-order valence-corrected chi connectivity index (χ2v) is 9.70. The molecule has 6 heteroatoms. The summed E-state index contributed by atoms with van der Waals surface area (Å²) in [6.45, 7) is 9.26. The Morgan fingerprint density at radius 3 is 2.50 bits per heavy atom. The molecule has 2 heterocycles. The van der Waals surface area contributed by atoms with E-state index in [1.54, 1.807) is 6.92 Å². The number of hydrogen-bond donors (Lipinski definition) is 1. The first-order valence-corrected chi connectivity index (χ1v) is 12.6. The van der Waals surface area contributed by atoms with E-state index in [-0.39, 0.29) is 23.9 Å². The SMILES string of the molecule is CC(=O)N1CC(N(CCc2ccccc2)Cc2ccc(C)cc2)CC1C(=O)N1CCCNCC1. The van der Waals surface area contributed by atoms with E-state index in [9.17, 15) is 9.59 Å². The van der Waals surface area contributed by atoms with Gasteiger partial charge in [0.05, 0.1) is 0 Å². The van der Waals surface area contributed by atoms with Crippen molar-refractivity contribution in [3.8, 4) is 0 Å². The van der Waals surface area contributed by atoms with Crippen LogP contribution >= 0.6 is 0 Å². The van der Waals surface area contributed by atoms with Crippen molar-refractivity contribution < 1.29 is 9.59 Å². The van der Waals surface area contributed by atoms with Gasteiger partial charge in [-0.2, -0.15) is 0 Å². The molecule has 2 aromatic rings. The lowest BCUT2D eigenvalue weighted by atomic mass is 10.1. The van der Waals surface area contributed by atoms with E-state index in [2.05, 4.69) is 65.7 Å². The fraction of sp³-hybridized carbons (Fsp3) is 0.500. The highest BCUT2D eigenvalue weighted by molar-refractivity contribution is 5.87. The Morgan fingerprint density at radius 2 is 1.76 bits per heavy atom. The van der Waals surface area contributed by atoms with Gasteiger partial charge in [0.1, 0.15) is 6.04 Å². The molecular formula is C28H38N4O2. The third-order valence-electron chi connectivity index (χ3n) is 7.17. The number of nitrogens with one attached hydrogen (secondary N) is 1. The van der Waals surface area contributed by atoms with Gasteiger partial charge in [-0.25, -0.2) is 0 Å². The van der Waals surface area contributed by atoms with Crippen LogP contribution < -0.4 is 5.32 Å². The van der Waals surface area contributed by atoms with E-state index < -0.39 is 0 Å². The average molecular weight is 463 g/mol. The maximum absolute atomic E-state index is 13.5. The molecule has 2 unspecified atom stereocenters. The Balaban J connectivity index is 1.51. The van der Waals surface area contributed by atoms with Crippen LogP contribution in [0.15, 0.2) is 54.6 Å². The summed E-state index contributed by atoms with van der Waals surface area (Å²) in [5.74, 6) is 0.104. The Kier molecular flexibility index (Phi) is 8.35. The van der Waals surface area contributed by atoms with Crippen molar-refractivity contribution in [2.24, 2.45) is 0 Å². The standard InChI is InChI=1S/C28H38N4O2/c1-22-9-11-25(12-10-22)20-31(17-13-24-7-4-3-5-8-24)26-19-27(32(21-26)23(2)33)28(34)30-16-6-14-29-15-18-30/h3-5,7-12,26-27,29H,6,13-21H2,1-2H3. The van der Waals surface area contributed by atoms with Gasteiger partial charge in [-0.3, -0.25) is 14.5 Å². The molecule has 2 fully saturated rings. The number of benzene rings is 2. The quantitative estimate of drug-likeness (QED) is 0.688. The fourth-order valence-electron chi connectivity index (χ4n) is 5.17. The molecule has 2 aromatic carbocycles. The predicted molar refractivity (Wildman–Crippen MR) is 135 cm³/mol. The molecule has 0 aliphatic carbocycles. The van der Waals surface area contributed by atoms with E-state index in [0.29, 0.717) is 19.5 Å². The molecule has 0 radical (unpaired) electrons. The van der Waals surface area contributed by atoms with Crippen molar-refractivity contribution in [1.29, 1.82) is 0 Å². The Morgan fingerprint density at radius 1 is 1.00 bits per heavy atom. The topological polar surface area (TPSA) is 55.9 Å². The summed E-state index contributed by atoms with van der Waals surface area (Å²) in [5.41, 5.74) is 3.82. The first-order chi connectivity index (χ1) is 16.5. The van der Waals surface area contributed by atoms with E-state index >= 15 is 0 Å². The summed E-state index contributed by atoms with van der Waals surface area (Å²) in [4.78, 5) is 32.3. The van der Waals surface area contributed by atoms with Crippen LogP contribution in [0.25, 0.3) is 0 Å². The Hall–Kier alpha value is -2.70. The van der Waals surface area contributed by atoms with Crippen LogP contribution in [-0.2, 0) is 22.6 Å². The molecule has 1 N–H and O–H groups in total. The maximum atomic E-state index is 13.5. The molecule has 34 heavy (non-hydrogen) atoms. The zero-order valence-corrected chi connectivity index (χ0v) is 20.6. The van der Waals surface area contributed by atoms with Crippen LogP contribution in [0.4, 0.5) is 0 Å². The number of carbonyl (C=O) groups is 2. The van der Waals surface area contributed by atoms with Crippen LogP contribution in [0.1, 0.15) is 36.5 Å². The summed E-state index contributed by atoms with van der Waals surface area (Å²) in [7, 11) is 0. The van der Waals surface area contributed by atoms with E-state index in [0.717, 1.165) is 45.6 Å². The summed E-state index contributed by atoms with van der Waals surface area (Å²) in [5, 5.41) is 3.36. The van der Waals surface area contributed by atoms with Crippen molar-refractivity contribution in [3.05, 3.63) is 71.3 Å². The minimum Gasteiger partial charge on any atom is -0.340 e. The molecule has 2 saturated heterocycles. The molecule has 2 aliphatic heterocycles. The normalized spacial score (nSPS) is 21.0. The number of amides is 2. The van der Waals surface area contributed by atoms with Gasteiger partial charge in [0.15, 0.2) is 0 Å². The summed E-state index contributed by atoms with van der Waals surface area (Å²) < 4.78 is 0. The highest BCUT2D eigenvalue weighted by Crippen LogP contribution is 2.26. The number of nitrogens with zero attached hydrogens (tertiary/aromatic N) is 3. The van der Waals surface area contributed by atoms with Crippen LogP contribution in [0.5, 0.6) is 0 Å². The lowest BCUT2D eigenvalue weighted by molar-refractivity contribution is -0.142. The average Bonchev–Trinajstić information content (AvgIpc) is 3.12. The van der Waals surface area contributed by atoms with Crippen molar-refractivity contribution >= 4 is 11.8 Å². The first kappa shape index (κ1) is 24.4. The fourth-order valence-corrected chi connectivity index (χ4v) is 5.17. The van der Waals surface area contributed by atoms with Crippen LogP contribution in [0.2, 0.25) is 0 Å². The molecule has 6 nitrogen and oxygen atoms in total. The van der Waals surface area contributed by atoms with Crippen LogP contribution in [0, 0.1) is 6.92 Å². The van der Waals surface area contributed by atoms with Gasteiger partial charge < -0.3 is 15.1 Å². The minimum absolute atomic E-state index is 0.00728. The number of carbonyl (C=O) groups excluding carboxylic acids is 2. The second-order valence-electron chi connectivity index (χ2n) is 9.70. The summed E-state index contributed by atoms with van der Waals surface area (Å²) in [6.07, 6.45) is 2.60. The minimum atomic E-state index is -0.363. The van der Waals surface area contributed by atoms with Crippen molar-refractivity contribution in [2.45, 2.75) is 51.7 Å². The first-order valence-electron chi connectivity index (χ1n) is 12.6. The largest absolute Gasteiger partial charge is 0.340 e. The molecule has 0 spiro atoms. The Labute approximate surface area is 203 Å². The lowest BCUT2D eigenvalue weighted by Crippen LogP contribution is -2.48. The smallest absolute Gasteiger partial charge is 0.245 e. The van der Waals surface area contributed by atoms with Gasteiger partial charge in [-0.1, -0.05) is 60.2 Å².